The van der Waals surface area contributed by atoms with Gasteiger partial charge in [0.05, 0.1) is 0 Å². The van der Waals surface area contributed by atoms with Gasteiger partial charge in [-0.05, 0) is 50.3 Å². The van der Waals surface area contributed by atoms with Crippen LogP contribution in [0.25, 0.3) is 0 Å². The summed E-state index contributed by atoms with van der Waals surface area (Å²) in [5.74, 6) is -0.665. The molecule has 0 spiro atoms. The van der Waals surface area contributed by atoms with E-state index in [-0.39, 0.29) is 6.42 Å². The molecular weight excluding hydrogens is 410 g/mol. The van der Waals surface area contributed by atoms with Gasteiger partial charge in [-0.15, -0.1) is 0 Å². The summed E-state index contributed by atoms with van der Waals surface area (Å²) in [6.07, 6.45) is 3.77. The summed E-state index contributed by atoms with van der Waals surface area (Å²) >= 11 is 3.36. The quantitative estimate of drug-likeness (QED) is 0.668. The first-order valence-electron chi connectivity index (χ1n) is 8.24. The van der Waals surface area contributed by atoms with Crippen molar-refractivity contribution in [3.05, 3.63) is 34.3 Å². The Kier molecular flexibility index (Phi) is 7.01. The lowest BCUT2D eigenvalue weighted by Crippen LogP contribution is -2.51. The molecule has 1 N–H and O–H groups in total. The number of nitrogens with one attached hydrogen (secondary N) is 1. The van der Waals surface area contributed by atoms with Crippen molar-refractivity contribution in [2.24, 2.45) is 0 Å². The van der Waals surface area contributed by atoms with E-state index in [4.69, 9.17) is 9.57 Å². The molecule has 25 heavy (non-hydrogen) atoms. The Bertz CT molecular complexity index is 685. The van der Waals surface area contributed by atoms with E-state index in [1.807, 2.05) is 24.3 Å². The number of carbonyl (C=O) groups excluding carboxylic acids is 1. The molecule has 1 aliphatic heterocycles. The molecule has 1 heterocycles. The monoisotopic (exact) mass is 433 g/mol. The maximum absolute atomic E-state index is 12.6. The smallest absolute Gasteiger partial charge is 0.264 e. The molecule has 1 amide bonds. The van der Waals surface area contributed by atoms with E-state index in [0.717, 1.165) is 29.1 Å². The molecule has 1 aromatic carbocycles. The van der Waals surface area contributed by atoms with Gasteiger partial charge in [0.15, 0.2) is 16.1 Å². The number of hydrogen-bond acceptors (Lipinski definition) is 5. The highest BCUT2D eigenvalue weighted by Gasteiger charge is 2.43. The van der Waals surface area contributed by atoms with Crippen LogP contribution in [0.3, 0.4) is 0 Å². The zero-order valence-electron chi connectivity index (χ0n) is 14.5. The topological polar surface area (TPSA) is 81.7 Å². The van der Waals surface area contributed by atoms with Gasteiger partial charge in [-0.2, -0.15) is 0 Å². The second-order valence-corrected chi connectivity index (χ2v) is 9.84. The average Bonchev–Trinajstić information content (AvgIpc) is 2.58. The predicted molar refractivity (Wildman–Crippen MR) is 98.5 cm³/mol. The van der Waals surface area contributed by atoms with E-state index in [9.17, 15) is 13.2 Å². The summed E-state index contributed by atoms with van der Waals surface area (Å²) < 4.78 is 29.3. The van der Waals surface area contributed by atoms with Crippen LogP contribution in [0.15, 0.2) is 28.7 Å². The summed E-state index contributed by atoms with van der Waals surface area (Å²) in [4.78, 5) is 17.8. The fraction of sp³-hybridized carbons (Fsp3) is 0.588. The number of amides is 1. The van der Waals surface area contributed by atoms with Crippen LogP contribution in [-0.4, -0.2) is 38.2 Å². The maximum Gasteiger partial charge on any atom is 0.264 e. The normalized spacial score (nSPS) is 20.7. The number of rotatable bonds is 7. The Morgan fingerprint density at radius 2 is 2.04 bits per heavy atom. The van der Waals surface area contributed by atoms with Crippen LogP contribution in [0, 0.1) is 0 Å². The lowest BCUT2D eigenvalue weighted by atomic mass is 10.00. The summed E-state index contributed by atoms with van der Waals surface area (Å²) in [5, 5.41) is 0. The zero-order valence-corrected chi connectivity index (χ0v) is 16.9. The Morgan fingerprint density at radius 3 is 2.60 bits per heavy atom. The Balaban J connectivity index is 2.02. The van der Waals surface area contributed by atoms with Gasteiger partial charge >= 0.3 is 0 Å². The van der Waals surface area contributed by atoms with E-state index in [0.29, 0.717) is 19.4 Å². The highest BCUT2D eigenvalue weighted by Crippen LogP contribution is 2.25. The fourth-order valence-corrected chi connectivity index (χ4v) is 3.65. The number of halogens is 1. The van der Waals surface area contributed by atoms with Crippen LogP contribution in [0.5, 0.6) is 0 Å². The van der Waals surface area contributed by atoms with Crippen molar-refractivity contribution in [2.75, 3.05) is 12.9 Å². The predicted octanol–water partition coefficient (Wildman–Crippen LogP) is 2.76. The molecule has 1 saturated heterocycles. The van der Waals surface area contributed by atoms with Crippen molar-refractivity contribution in [2.45, 2.75) is 50.1 Å². The van der Waals surface area contributed by atoms with Crippen molar-refractivity contribution >= 4 is 31.7 Å². The van der Waals surface area contributed by atoms with Gasteiger partial charge in [-0.25, -0.2) is 18.7 Å². The van der Waals surface area contributed by atoms with Gasteiger partial charge in [0.2, 0.25) is 0 Å². The minimum Gasteiger partial charge on any atom is -0.350 e. The maximum atomic E-state index is 12.6. The summed E-state index contributed by atoms with van der Waals surface area (Å²) in [6, 6.07) is 7.57. The highest BCUT2D eigenvalue weighted by atomic mass is 79.9. The van der Waals surface area contributed by atoms with Crippen molar-refractivity contribution in [1.82, 2.24) is 5.48 Å². The fourth-order valence-electron chi connectivity index (χ4n) is 2.53. The summed E-state index contributed by atoms with van der Waals surface area (Å²) in [5.41, 5.74) is 3.25. The van der Waals surface area contributed by atoms with Crippen LogP contribution in [-0.2, 0) is 30.6 Å². The van der Waals surface area contributed by atoms with Gasteiger partial charge in [-0.1, -0.05) is 28.1 Å². The molecule has 8 heteroatoms. The van der Waals surface area contributed by atoms with Crippen molar-refractivity contribution in [3.63, 3.8) is 0 Å². The van der Waals surface area contributed by atoms with Crippen LogP contribution in [0.2, 0.25) is 0 Å². The molecule has 6 nitrogen and oxygen atoms in total. The van der Waals surface area contributed by atoms with Crippen molar-refractivity contribution in [3.8, 4) is 0 Å². The van der Waals surface area contributed by atoms with E-state index in [1.165, 1.54) is 6.92 Å². The van der Waals surface area contributed by atoms with E-state index < -0.39 is 26.8 Å². The minimum atomic E-state index is -3.64. The lowest BCUT2D eigenvalue weighted by molar-refractivity contribution is -0.201. The second kappa shape index (κ2) is 8.62. The van der Waals surface area contributed by atoms with Gasteiger partial charge in [0.25, 0.3) is 5.91 Å². The Morgan fingerprint density at radius 1 is 1.36 bits per heavy atom. The average molecular weight is 434 g/mol. The number of carbonyl (C=O) groups is 1. The van der Waals surface area contributed by atoms with Gasteiger partial charge in [0.1, 0.15) is 4.75 Å². The first kappa shape index (κ1) is 20.4. The molecule has 2 atom stereocenters. The van der Waals surface area contributed by atoms with Crippen LogP contribution >= 0.6 is 15.9 Å². The molecule has 0 bridgehead atoms. The molecular formula is C17H24BrNO5S. The first-order valence-corrected chi connectivity index (χ1v) is 10.9. The number of sulfone groups is 1. The van der Waals surface area contributed by atoms with Gasteiger partial charge < -0.3 is 4.74 Å². The molecule has 2 rings (SSSR count). The number of benzene rings is 1. The lowest BCUT2D eigenvalue weighted by Gasteiger charge is -2.28. The second-order valence-electron chi connectivity index (χ2n) is 6.47. The molecule has 1 aliphatic rings. The number of hydroxylamine groups is 1. The molecule has 0 saturated carbocycles. The molecule has 0 aromatic heterocycles. The van der Waals surface area contributed by atoms with Crippen molar-refractivity contribution < 1.29 is 22.8 Å². The molecule has 0 radical (unpaired) electrons. The summed E-state index contributed by atoms with van der Waals surface area (Å²) in [6.45, 7) is 2.01. The van der Waals surface area contributed by atoms with E-state index in [2.05, 4.69) is 21.4 Å². The number of aryl methyl sites for hydroxylation is 1. The standard InChI is InChI=1S/C17H24BrNO5S/c1-17(25(2,21)22,11-10-13-6-8-14(18)9-7-13)16(20)19-24-15-5-3-4-12-23-15/h6-9,15H,3-5,10-12H2,1-2H3,(H,19,20)/t15?,17-/m1/s1. The van der Waals surface area contributed by atoms with Gasteiger partial charge in [0, 0.05) is 23.8 Å². The number of hydrogen-bond donors (Lipinski definition) is 1. The van der Waals surface area contributed by atoms with E-state index in [1.54, 1.807) is 0 Å². The van der Waals surface area contributed by atoms with Crippen molar-refractivity contribution in [1.29, 1.82) is 0 Å². The Hall–Kier alpha value is -0.960. The summed E-state index contributed by atoms with van der Waals surface area (Å²) in [7, 11) is -3.64. The Labute approximate surface area is 157 Å². The zero-order chi connectivity index (χ0) is 18.5. The van der Waals surface area contributed by atoms with E-state index >= 15 is 0 Å². The molecule has 1 unspecified atom stereocenters. The third-order valence-electron chi connectivity index (χ3n) is 4.52. The molecule has 1 fully saturated rings. The van der Waals surface area contributed by atoms with Gasteiger partial charge in [-0.3, -0.25) is 4.79 Å². The van der Waals surface area contributed by atoms with Crippen LogP contribution < -0.4 is 5.48 Å². The number of ether oxygens (including phenoxy) is 1. The molecule has 1 aromatic rings. The molecule has 140 valence electrons. The largest absolute Gasteiger partial charge is 0.350 e. The third kappa shape index (κ3) is 5.51. The minimum absolute atomic E-state index is 0.161. The van der Waals surface area contributed by atoms with Crippen LogP contribution in [0.1, 0.15) is 38.2 Å². The first-order chi connectivity index (χ1) is 11.7. The highest BCUT2D eigenvalue weighted by molar-refractivity contribution is 9.10. The third-order valence-corrected chi connectivity index (χ3v) is 7.08. The SMILES string of the molecule is C[C@@](CCc1ccc(Br)cc1)(C(=O)NOC1CCCCO1)S(C)(=O)=O. The van der Waals surface area contributed by atoms with Crippen LogP contribution in [0.4, 0.5) is 0 Å². The molecule has 0 aliphatic carbocycles.